The second kappa shape index (κ2) is 5.84. The van der Waals surface area contributed by atoms with E-state index in [4.69, 9.17) is 4.74 Å². The Labute approximate surface area is 131 Å². The Morgan fingerprint density at radius 3 is 2.67 bits per heavy atom. The molecule has 3 nitrogen and oxygen atoms in total. The summed E-state index contributed by atoms with van der Waals surface area (Å²) in [6.07, 6.45) is 0. The number of benzene rings is 2. The first-order valence-corrected chi connectivity index (χ1v) is 7.41. The fourth-order valence-corrected chi connectivity index (χ4v) is 2.77. The monoisotopic (exact) mass is 343 g/mol. The normalized spacial score (nSPS) is 10.8. The van der Waals surface area contributed by atoms with Crippen LogP contribution in [0.5, 0.6) is 11.6 Å². The first kappa shape index (κ1) is 14.0. The van der Waals surface area contributed by atoms with E-state index < -0.39 is 0 Å². The number of aromatic nitrogens is 1. The summed E-state index contributed by atoms with van der Waals surface area (Å²) in [5, 5.41) is 11.4. The SMILES string of the molecule is Cc1nc(Oc2ccc3ccccc3c2Br)ccc1CO. The summed E-state index contributed by atoms with van der Waals surface area (Å²) in [5.74, 6) is 1.23. The van der Waals surface area contributed by atoms with Gasteiger partial charge in [-0.3, -0.25) is 0 Å². The Morgan fingerprint density at radius 1 is 1.10 bits per heavy atom. The number of halogens is 1. The minimum Gasteiger partial charge on any atom is -0.438 e. The van der Waals surface area contributed by atoms with Gasteiger partial charge in [-0.2, -0.15) is 0 Å². The zero-order chi connectivity index (χ0) is 14.8. The van der Waals surface area contributed by atoms with Crippen molar-refractivity contribution < 1.29 is 9.84 Å². The fourth-order valence-electron chi connectivity index (χ4n) is 2.20. The van der Waals surface area contributed by atoms with Crippen molar-refractivity contribution in [2.45, 2.75) is 13.5 Å². The molecule has 0 amide bonds. The molecular weight excluding hydrogens is 330 g/mol. The number of ether oxygens (including phenoxy) is 1. The molecule has 0 aliphatic heterocycles. The van der Waals surface area contributed by atoms with Gasteiger partial charge in [-0.15, -0.1) is 0 Å². The van der Waals surface area contributed by atoms with Gasteiger partial charge in [0.15, 0.2) is 0 Å². The number of rotatable bonds is 3. The maximum Gasteiger partial charge on any atom is 0.219 e. The Kier molecular flexibility index (Phi) is 3.90. The number of nitrogens with zero attached hydrogens (tertiary/aromatic N) is 1. The lowest BCUT2D eigenvalue weighted by atomic mass is 10.1. The van der Waals surface area contributed by atoms with Crippen molar-refractivity contribution in [1.29, 1.82) is 0 Å². The van der Waals surface area contributed by atoms with E-state index in [0.717, 1.165) is 32.3 Å². The van der Waals surface area contributed by atoms with E-state index >= 15 is 0 Å². The molecule has 2 aromatic carbocycles. The molecule has 0 aliphatic rings. The van der Waals surface area contributed by atoms with Gasteiger partial charge in [-0.25, -0.2) is 4.98 Å². The standard InChI is InChI=1S/C17H14BrNO2/c1-11-13(10-20)7-9-16(19-11)21-15-8-6-12-4-2-3-5-14(12)17(15)18/h2-9,20H,10H2,1H3. The van der Waals surface area contributed by atoms with Crippen molar-refractivity contribution in [3.8, 4) is 11.6 Å². The van der Waals surface area contributed by atoms with Crippen LogP contribution >= 0.6 is 15.9 Å². The first-order valence-electron chi connectivity index (χ1n) is 6.61. The summed E-state index contributed by atoms with van der Waals surface area (Å²) < 4.78 is 6.77. The van der Waals surface area contributed by atoms with Crippen LogP contribution in [-0.2, 0) is 6.61 Å². The van der Waals surface area contributed by atoms with Gasteiger partial charge in [0.25, 0.3) is 0 Å². The van der Waals surface area contributed by atoms with Crippen molar-refractivity contribution in [1.82, 2.24) is 4.98 Å². The zero-order valence-corrected chi connectivity index (χ0v) is 13.1. The van der Waals surface area contributed by atoms with Gasteiger partial charge in [0.05, 0.1) is 11.1 Å². The highest BCUT2D eigenvalue weighted by atomic mass is 79.9. The zero-order valence-electron chi connectivity index (χ0n) is 11.5. The lowest BCUT2D eigenvalue weighted by Crippen LogP contribution is -1.95. The average Bonchev–Trinajstić information content (AvgIpc) is 2.51. The molecule has 0 radical (unpaired) electrons. The lowest BCUT2D eigenvalue weighted by Gasteiger charge is -2.10. The van der Waals surface area contributed by atoms with Crippen LogP contribution in [0.2, 0.25) is 0 Å². The molecule has 1 N–H and O–H groups in total. The molecule has 21 heavy (non-hydrogen) atoms. The van der Waals surface area contributed by atoms with Gasteiger partial charge in [0, 0.05) is 11.8 Å². The maximum absolute atomic E-state index is 9.17. The van der Waals surface area contributed by atoms with Crippen molar-refractivity contribution in [3.63, 3.8) is 0 Å². The fraction of sp³-hybridized carbons (Fsp3) is 0.118. The molecule has 0 atom stereocenters. The van der Waals surface area contributed by atoms with Crippen LogP contribution in [0.15, 0.2) is 53.0 Å². The largest absolute Gasteiger partial charge is 0.438 e. The summed E-state index contributed by atoms with van der Waals surface area (Å²) in [6, 6.07) is 15.6. The Balaban J connectivity index is 1.98. The molecule has 1 aromatic heterocycles. The van der Waals surface area contributed by atoms with Gasteiger partial charge in [0.2, 0.25) is 5.88 Å². The number of fused-ring (bicyclic) bond motifs is 1. The Hall–Kier alpha value is -1.91. The van der Waals surface area contributed by atoms with Crippen LogP contribution in [0, 0.1) is 6.92 Å². The Morgan fingerprint density at radius 2 is 1.90 bits per heavy atom. The smallest absolute Gasteiger partial charge is 0.219 e. The molecule has 0 spiro atoms. The molecule has 0 saturated carbocycles. The van der Waals surface area contributed by atoms with E-state index in [1.54, 1.807) is 6.07 Å². The summed E-state index contributed by atoms with van der Waals surface area (Å²) >= 11 is 3.59. The third-order valence-electron chi connectivity index (χ3n) is 3.38. The van der Waals surface area contributed by atoms with Crippen LogP contribution < -0.4 is 4.74 Å². The summed E-state index contributed by atoms with van der Waals surface area (Å²) in [7, 11) is 0. The van der Waals surface area contributed by atoms with E-state index in [9.17, 15) is 5.11 Å². The highest BCUT2D eigenvalue weighted by Gasteiger charge is 2.08. The van der Waals surface area contributed by atoms with E-state index in [2.05, 4.69) is 27.0 Å². The van der Waals surface area contributed by atoms with Crippen molar-refractivity contribution in [2.75, 3.05) is 0 Å². The number of hydrogen-bond donors (Lipinski definition) is 1. The number of aliphatic hydroxyl groups is 1. The molecule has 1 heterocycles. The van der Waals surface area contributed by atoms with Crippen molar-refractivity contribution >= 4 is 26.7 Å². The third kappa shape index (κ3) is 2.77. The molecule has 0 saturated heterocycles. The van der Waals surface area contributed by atoms with Crippen LogP contribution in [0.3, 0.4) is 0 Å². The highest BCUT2D eigenvalue weighted by molar-refractivity contribution is 9.10. The van der Waals surface area contributed by atoms with E-state index in [-0.39, 0.29) is 6.61 Å². The summed E-state index contributed by atoms with van der Waals surface area (Å²) in [4.78, 5) is 4.36. The van der Waals surface area contributed by atoms with Gasteiger partial charge in [0.1, 0.15) is 5.75 Å². The molecule has 0 unspecified atom stereocenters. The predicted molar refractivity (Wildman–Crippen MR) is 86.6 cm³/mol. The molecule has 4 heteroatoms. The first-order chi connectivity index (χ1) is 10.2. The van der Waals surface area contributed by atoms with Gasteiger partial charge in [-0.05, 0) is 51.3 Å². The molecule has 106 valence electrons. The quantitative estimate of drug-likeness (QED) is 0.756. The number of hydrogen-bond acceptors (Lipinski definition) is 3. The highest BCUT2D eigenvalue weighted by Crippen LogP contribution is 2.35. The minimum absolute atomic E-state index is 0.0151. The molecular formula is C17H14BrNO2. The molecule has 0 fully saturated rings. The predicted octanol–water partition coefficient (Wildman–Crippen LogP) is 4.59. The second-order valence-electron chi connectivity index (χ2n) is 4.75. The van der Waals surface area contributed by atoms with Crippen LogP contribution in [0.25, 0.3) is 10.8 Å². The van der Waals surface area contributed by atoms with Gasteiger partial charge in [-0.1, -0.05) is 30.3 Å². The number of aliphatic hydroxyl groups excluding tert-OH is 1. The third-order valence-corrected chi connectivity index (χ3v) is 4.20. The molecule has 0 aliphatic carbocycles. The van der Waals surface area contributed by atoms with Crippen LogP contribution in [-0.4, -0.2) is 10.1 Å². The van der Waals surface area contributed by atoms with Crippen LogP contribution in [0.4, 0.5) is 0 Å². The molecule has 3 rings (SSSR count). The van der Waals surface area contributed by atoms with Crippen molar-refractivity contribution in [2.24, 2.45) is 0 Å². The topological polar surface area (TPSA) is 42.4 Å². The van der Waals surface area contributed by atoms with Crippen molar-refractivity contribution in [3.05, 3.63) is 64.3 Å². The Bertz CT molecular complexity index is 802. The molecule has 3 aromatic rings. The number of aryl methyl sites for hydroxylation is 1. The van der Waals surface area contributed by atoms with E-state index in [1.807, 2.05) is 43.3 Å². The maximum atomic E-state index is 9.17. The minimum atomic E-state index is -0.0151. The summed E-state index contributed by atoms with van der Waals surface area (Å²) in [5.41, 5.74) is 1.58. The van der Waals surface area contributed by atoms with Crippen LogP contribution in [0.1, 0.15) is 11.3 Å². The van der Waals surface area contributed by atoms with E-state index in [1.165, 1.54) is 0 Å². The average molecular weight is 344 g/mol. The van der Waals surface area contributed by atoms with Gasteiger partial charge >= 0.3 is 0 Å². The summed E-state index contributed by atoms with van der Waals surface area (Å²) in [6.45, 7) is 1.84. The van der Waals surface area contributed by atoms with E-state index in [0.29, 0.717) is 5.88 Å². The molecule has 0 bridgehead atoms. The lowest BCUT2D eigenvalue weighted by molar-refractivity contribution is 0.280. The van der Waals surface area contributed by atoms with Gasteiger partial charge < -0.3 is 9.84 Å². The number of pyridine rings is 1. The second-order valence-corrected chi connectivity index (χ2v) is 5.55.